The van der Waals surface area contributed by atoms with Gasteiger partial charge in [0.2, 0.25) is 11.8 Å². The Morgan fingerprint density at radius 1 is 1.24 bits per heavy atom. The molecule has 136 valence electrons. The zero-order valence-corrected chi connectivity index (χ0v) is 15.1. The number of hydrogen-bond donors (Lipinski definition) is 2. The number of nitrogens with zero attached hydrogens (tertiary/aromatic N) is 1. The molecule has 3 rings (SSSR count). The maximum atomic E-state index is 12.5. The molecule has 1 heterocycles. The van der Waals surface area contributed by atoms with Crippen molar-refractivity contribution in [2.24, 2.45) is 11.7 Å². The molecule has 2 fully saturated rings. The van der Waals surface area contributed by atoms with Crippen molar-refractivity contribution in [2.45, 2.75) is 64.1 Å². The number of hydrogen-bond acceptors (Lipinski definition) is 3. The van der Waals surface area contributed by atoms with Gasteiger partial charge in [-0.15, -0.1) is 0 Å². The summed E-state index contributed by atoms with van der Waals surface area (Å²) in [5.41, 5.74) is 8.11. The molecule has 25 heavy (non-hydrogen) atoms. The molecule has 2 amide bonds. The van der Waals surface area contributed by atoms with E-state index in [4.69, 9.17) is 5.73 Å². The van der Waals surface area contributed by atoms with Crippen molar-refractivity contribution >= 4 is 11.8 Å². The van der Waals surface area contributed by atoms with E-state index in [1.165, 1.54) is 0 Å². The van der Waals surface area contributed by atoms with Crippen molar-refractivity contribution in [3.63, 3.8) is 0 Å². The van der Waals surface area contributed by atoms with Crippen molar-refractivity contribution in [1.29, 1.82) is 0 Å². The lowest BCUT2D eigenvalue weighted by atomic mass is 9.74. The summed E-state index contributed by atoms with van der Waals surface area (Å²) >= 11 is 0. The van der Waals surface area contributed by atoms with Gasteiger partial charge >= 0.3 is 0 Å². The van der Waals surface area contributed by atoms with E-state index in [2.05, 4.69) is 5.32 Å². The Morgan fingerprint density at radius 3 is 2.60 bits per heavy atom. The number of benzene rings is 1. The summed E-state index contributed by atoms with van der Waals surface area (Å²) in [6.07, 6.45) is 5.61. The molecule has 2 aliphatic rings. The van der Waals surface area contributed by atoms with E-state index in [0.717, 1.165) is 49.8 Å². The monoisotopic (exact) mass is 343 g/mol. The quantitative estimate of drug-likeness (QED) is 0.861. The van der Waals surface area contributed by atoms with Gasteiger partial charge in [0.05, 0.1) is 5.92 Å². The van der Waals surface area contributed by atoms with Crippen molar-refractivity contribution in [3.05, 3.63) is 35.4 Å². The van der Waals surface area contributed by atoms with Crippen LogP contribution >= 0.6 is 0 Å². The van der Waals surface area contributed by atoms with Gasteiger partial charge in [0, 0.05) is 31.6 Å². The van der Waals surface area contributed by atoms with Crippen LogP contribution in [0.4, 0.5) is 0 Å². The van der Waals surface area contributed by atoms with E-state index >= 15 is 0 Å². The molecule has 1 aliphatic heterocycles. The number of carbonyl (C=O) groups is 2. The van der Waals surface area contributed by atoms with Crippen LogP contribution < -0.4 is 11.1 Å². The summed E-state index contributed by atoms with van der Waals surface area (Å²) in [5.74, 6) is 0.215. The van der Waals surface area contributed by atoms with Gasteiger partial charge in [-0.1, -0.05) is 37.1 Å². The Balaban J connectivity index is 1.51. The number of amides is 2. The number of rotatable bonds is 5. The van der Waals surface area contributed by atoms with Gasteiger partial charge in [-0.2, -0.15) is 0 Å². The van der Waals surface area contributed by atoms with Crippen molar-refractivity contribution in [2.75, 3.05) is 6.54 Å². The van der Waals surface area contributed by atoms with E-state index in [9.17, 15) is 9.59 Å². The molecule has 1 aromatic rings. The second-order valence-corrected chi connectivity index (χ2v) is 7.76. The SMILES string of the molecule is CC1(N)CCCCC1C(=O)NCc1ccc(CN2CCCC2=O)cc1. The molecule has 5 heteroatoms. The molecule has 1 saturated carbocycles. The summed E-state index contributed by atoms with van der Waals surface area (Å²) in [4.78, 5) is 26.1. The zero-order chi connectivity index (χ0) is 17.9. The van der Waals surface area contributed by atoms with Crippen LogP contribution in [0.15, 0.2) is 24.3 Å². The highest BCUT2D eigenvalue weighted by molar-refractivity contribution is 5.80. The molecule has 3 N–H and O–H groups in total. The molecule has 5 nitrogen and oxygen atoms in total. The highest BCUT2D eigenvalue weighted by atomic mass is 16.2. The van der Waals surface area contributed by atoms with E-state index in [1.54, 1.807) is 0 Å². The maximum Gasteiger partial charge on any atom is 0.225 e. The lowest BCUT2D eigenvalue weighted by Crippen LogP contribution is -2.52. The Bertz CT molecular complexity index is 624. The van der Waals surface area contributed by atoms with Crippen LogP contribution in [0.1, 0.15) is 56.6 Å². The predicted molar refractivity (Wildman–Crippen MR) is 97.5 cm³/mol. The first kappa shape index (κ1) is 17.9. The average molecular weight is 343 g/mol. The molecule has 1 saturated heterocycles. The Labute approximate surface area is 150 Å². The molecule has 2 atom stereocenters. The van der Waals surface area contributed by atoms with E-state index < -0.39 is 5.54 Å². The molecule has 1 aliphatic carbocycles. The number of likely N-dealkylation sites (tertiary alicyclic amines) is 1. The van der Waals surface area contributed by atoms with Crippen LogP contribution in [-0.2, 0) is 22.7 Å². The minimum atomic E-state index is -0.394. The van der Waals surface area contributed by atoms with Gasteiger partial charge in [0.25, 0.3) is 0 Å². The fraction of sp³-hybridized carbons (Fsp3) is 0.600. The van der Waals surface area contributed by atoms with Crippen LogP contribution in [-0.4, -0.2) is 28.8 Å². The fourth-order valence-electron chi connectivity index (χ4n) is 3.96. The smallest absolute Gasteiger partial charge is 0.225 e. The fourth-order valence-corrected chi connectivity index (χ4v) is 3.96. The maximum absolute atomic E-state index is 12.5. The molecule has 0 bridgehead atoms. The molecule has 0 aromatic heterocycles. The Morgan fingerprint density at radius 2 is 1.96 bits per heavy atom. The first-order chi connectivity index (χ1) is 12.0. The van der Waals surface area contributed by atoms with Gasteiger partial charge < -0.3 is 16.0 Å². The zero-order valence-electron chi connectivity index (χ0n) is 15.1. The molecule has 0 radical (unpaired) electrons. The van der Waals surface area contributed by atoms with Crippen molar-refractivity contribution < 1.29 is 9.59 Å². The van der Waals surface area contributed by atoms with Crippen LogP contribution in [0, 0.1) is 5.92 Å². The summed E-state index contributed by atoms with van der Waals surface area (Å²) in [6, 6.07) is 8.14. The third kappa shape index (κ3) is 4.40. The predicted octanol–water partition coefficient (Wildman–Crippen LogP) is 2.33. The first-order valence-corrected chi connectivity index (χ1v) is 9.38. The first-order valence-electron chi connectivity index (χ1n) is 9.38. The highest BCUT2D eigenvalue weighted by Crippen LogP contribution is 2.31. The average Bonchev–Trinajstić information content (AvgIpc) is 2.98. The minimum absolute atomic E-state index is 0.0661. The molecule has 0 spiro atoms. The number of nitrogens with two attached hydrogens (primary N) is 1. The van der Waals surface area contributed by atoms with E-state index in [1.807, 2.05) is 36.1 Å². The van der Waals surface area contributed by atoms with Crippen LogP contribution in [0.3, 0.4) is 0 Å². The largest absolute Gasteiger partial charge is 0.352 e. The summed E-state index contributed by atoms with van der Waals surface area (Å²) in [7, 11) is 0. The van der Waals surface area contributed by atoms with Crippen molar-refractivity contribution in [1.82, 2.24) is 10.2 Å². The molecule has 2 unspecified atom stereocenters. The highest BCUT2D eigenvalue weighted by Gasteiger charge is 2.37. The standard InChI is InChI=1S/C20H29N3O2/c1-20(21)11-3-2-5-17(20)19(25)22-13-15-7-9-16(10-8-15)14-23-12-4-6-18(23)24/h7-10,17H,2-6,11-14,21H2,1H3,(H,22,25). The Kier molecular flexibility index (Phi) is 5.42. The number of carbonyl (C=O) groups excluding carboxylic acids is 2. The van der Waals surface area contributed by atoms with Gasteiger partial charge in [-0.25, -0.2) is 0 Å². The second-order valence-electron chi connectivity index (χ2n) is 7.76. The van der Waals surface area contributed by atoms with Crippen LogP contribution in [0.25, 0.3) is 0 Å². The van der Waals surface area contributed by atoms with Gasteiger partial charge in [0.1, 0.15) is 0 Å². The Hall–Kier alpha value is -1.88. The molecule has 1 aromatic carbocycles. The molecular formula is C20H29N3O2. The van der Waals surface area contributed by atoms with E-state index in [0.29, 0.717) is 19.5 Å². The normalized spacial score (nSPS) is 26.7. The van der Waals surface area contributed by atoms with Crippen molar-refractivity contribution in [3.8, 4) is 0 Å². The van der Waals surface area contributed by atoms with Gasteiger partial charge in [0.15, 0.2) is 0 Å². The van der Waals surface area contributed by atoms with Crippen LogP contribution in [0.5, 0.6) is 0 Å². The third-order valence-corrected chi connectivity index (χ3v) is 5.61. The van der Waals surface area contributed by atoms with E-state index in [-0.39, 0.29) is 17.7 Å². The van der Waals surface area contributed by atoms with Crippen LogP contribution in [0.2, 0.25) is 0 Å². The van der Waals surface area contributed by atoms with Gasteiger partial charge in [-0.3, -0.25) is 9.59 Å². The lowest BCUT2D eigenvalue weighted by Gasteiger charge is -2.37. The second kappa shape index (κ2) is 7.56. The lowest BCUT2D eigenvalue weighted by molar-refractivity contribution is -0.129. The molecular weight excluding hydrogens is 314 g/mol. The van der Waals surface area contributed by atoms with Gasteiger partial charge in [-0.05, 0) is 37.3 Å². The summed E-state index contributed by atoms with van der Waals surface area (Å²) in [5, 5.41) is 3.04. The topological polar surface area (TPSA) is 75.4 Å². The third-order valence-electron chi connectivity index (χ3n) is 5.61. The summed E-state index contributed by atoms with van der Waals surface area (Å²) in [6.45, 7) is 4.05. The number of nitrogens with one attached hydrogen (secondary N) is 1. The minimum Gasteiger partial charge on any atom is -0.352 e. The summed E-state index contributed by atoms with van der Waals surface area (Å²) < 4.78 is 0.